The number of nitrogens with zero attached hydrogens (tertiary/aromatic N) is 4. The van der Waals surface area contributed by atoms with Gasteiger partial charge in [0.1, 0.15) is 23.2 Å². The van der Waals surface area contributed by atoms with Gasteiger partial charge in [0, 0.05) is 30.7 Å². The number of hydrogen-bond acceptors (Lipinski definition) is 6. The second kappa shape index (κ2) is 9.03. The van der Waals surface area contributed by atoms with Crippen molar-refractivity contribution >= 4 is 28.5 Å². The molecule has 1 aromatic heterocycles. The molecular weight excluding hydrogens is 408 g/mol. The van der Waals surface area contributed by atoms with Crippen molar-refractivity contribution in [3.05, 3.63) is 53.0 Å². The number of anilines is 1. The molecule has 2 N–H and O–H groups in total. The smallest absolute Gasteiger partial charge is 0.300 e. The monoisotopic (exact) mass is 432 g/mol. The number of amides is 2. The van der Waals surface area contributed by atoms with E-state index in [1.807, 2.05) is 25.1 Å². The number of furan rings is 1. The molecule has 3 heterocycles. The minimum atomic E-state index is -0.617. The van der Waals surface area contributed by atoms with E-state index in [-0.39, 0.29) is 29.9 Å². The van der Waals surface area contributed by atoms with E-state index in [4.69, 9.17) is 11.0 Å². The Hall–Kier alpha value is -3.98. The first-order valence-corrected chi connectivity index (χ1v) is 10.6. The molecule has 0 aliphatic carbocycles. The van der Waals surface area contributed by atoms with E-state index in [2.05, 4.69) is 15.5 Å². The molecule has 0 bridgehead atoms. The van der Waals surface area contributed by atoms with Crippen LogP contribution in [0.3, 0.4) is 0 Å². The van der Waals surface area contributed by atoms with Crippen LogP contribution in [-0.2, 0) is 9.59 Å². The molecule has 2 amide bonds. The Morgan fingerprint density at radius 2 is 2.09 bits per heavy atom. The minimum absolute atomic E-state index is 0.0343. The zero-order valence-electron chi connectivity index (χ0n) is 17.9. The largest absolute Gasteiger partial charge is 0.461 e. The molecule has 9 nitrogen and oxygen atoms in total. The normalized spacial score (nSPS) is 19.0. The topological polar surface area (TPSA) is 106 Å². The number of nitriles is 1. The number of nitrogens with one attached hydrogen (secondary N) is 2. The Labute approximate surface area is 186 Å². The fraction of sp³-hybridized carbons (Fsp3) is 0.391. The molecule has 2 fully saturated rings. The van der Waals surface area contributed by atoms with Crippen molar-refractivity contribution in [3.8, 4) is 6.07 Å². The quantitative estimate of drug-likeness (QED) is 0.537. The fourth-order valence-corrected chi connectivity index (χ4v) is 4.13. The van der Waals surface area contributed by atoms with Crippen molar-refractivity contribution < 1.29 is 14.0 Å². The lowest BCUT2D eigenvalue weighted by Gasteiger charge is -2.22. The van der Waals surface area contributed by atoms with Gasteiger partial charge in [-0.3, -0.25) is 9.59 Å². The minimum Gasteiger partial charge on any atom is -0.461 e. The molecule has 0 saturated carbocycles. The summed E-state index contributed by atoms with van der Waals surface area (Å²) in [5.41, 5.74) is 1.22. The maximum Gasteiger partial charge on any atom is 0.300 e. The Morgan fingerprint density at radius 3 is 2.81 bits per heavy atom. The van der Waals surface area contributed by atoms with E-state index >= 15 is 0 Å². The highest BCUT2D eigenvalue weighted by atomic mass is 16.3. The molecule has 2 aromatic rings. The molecule has 2 aliphatic heterocycles. The highest BCUT2D eigenvalue weighted by Crippen LogP contribution is 2.24. The summed E-state index contributed by atoms with van der Waals surface area (Å²) in [7, 11) is 0. The van der Waals surface area contributed by atoms with Crippen LogP contribution in [0.1, 0.15) is 25.0 Å². The van der Waals surface area contributed by atoms with E-state index in [9.17, 15) is 14.9 Å². The van der Waals surface area contributed by atoms with Gasteiger partial charge in [-0.15, -0.1) is 0 Å². The van der Waals surface area contributed by atoms with Crippen LogP contribution in [0.5, 0.6) is 0 Å². The van der Waals surface area contributed by atoms with Gasteiger partial charge < -0.3 is 24.9 Å². The molecular formula is C23H24N6O3. The Balaban J connectivity index is 1.47. The van der Waals surface area contributed by atoms with Crippen LogP contribution in [0.15, 0.2) is 40.2 Å². The van der Waals surface area contributed by atoms with Gasteiger partial charge in [0.25, 0.3) is 0 Å². The predicted molar refractivity (Wildman–Crippen MR) is 118 cm³/mol. The maximum absolute atomic E-state index is 12.9. The average molecular weight is 432 g/mol. The highest BCUT2D eigenvalue weighted by Gasteiger charge is 2.34. The molecule has 9 heteroatoms. The lowest BCUT2D eigenvalue weighted by molar-refractivity contribution is -0.138. The van der Waals surface area contributed by atoms with Gasteiger partial charge >= 0.3 is 5.70 Å². The van der Waals surface area contributed by atoms with Crippen molar-refractivity contribution in [2.45, 2.75) is 32.2 Å². The lowest BCUT2D eigenvalue weighted by Crippen LogP contribution is -2.44. The van der Waals surface area contributed by atoms with E-state index in [0.717, 1.165) is 42.7 Å². The van der Waals surface area contributed by atoms with Gasteiger partial charge in [-0.2, -0.15) is 0 Å². The van der Waals surface area contributed by atoms with Crippen molar-refractivity contribution in [1.29, 1.82) is 5.26 Å². The average Bonchev–Trinajstić information content (AvgIpc) is 3.50. The molecule has 2 saturated heterocycles. The molecule has 0 radical (unpaired) electrons. The van der Waals surface area contributed by atoms with Gasteiger partial charge in [0.2, 0.25) is 11.8 Å². The number of benzene rings is 1. The number of hydrogen-bond donors (Lipinski definition) is 2. The first-order chi connectivity index (χ1) is 15.5. The van der Waals surface area contributed by atoms with Crippen LogP contribution in [0, 0.1) is 24.8 Å². The Bertz CT molecular complexity index is 1150. The van der Waals surface area contributed by atoms with Crippen LogP contribution in [0.25, 0.3) is 15.8 Å². The third-order valence-electron chi connectivity index (χ3n) is 5.76. The summed E-state index contributed by atoms with van der Waals surface area (Å²) in [4.78, 5) is 31.9. The number of rotatable bonds is 6. The molecule has 1 atom stereocenters. The van der Waals surface area contributed by atoms with Crippen LogP contribution < -0.4 is 10.6 Å². The Kier molecular flexibility index (Phi) is 6.00. The van der Waals surface area contributed by atoms with Crippen molar-refractivity contribution in [2.75, 3.05) is 31.5 Å². The molecule has 0 spiro atoms. The highest BCUT2D eigenvalue weighted by molar-refractivity contribution is 5.89. The second-order valence-electron chi connectivity index (χ2n) is 8.02. The number of likely N-dealkylation sites (tertiary alicyclic amines) is 2. The SMILES string of the molecule is [C-]#[N+]/C(C#N)=C(\Nc1ccc2oc(C)cc2c1)NC1CCN(CC(=O)N2CCCC2)C1=O. The first-order valence-electron chi connectivity index (χ1n) is 10.6. The molecule has 1 unspecified atom stereocenters. The second-order valence-corrected chi connectivity index (χ2v) is 8.02. The zero-order chi connectivity index (χ0) is 22.7. The van der Waals surface area contributed by atoms with Crippen LogP contribution in [-0.4, -0.2) is 53.8 Å². The van der Waals surface area contributed by atoms with Gasteiger partial charge in [0.05, 0.1) is 19.2 Å². The molecule has 1 aromatic carbocycles. The van der Waals surface area contributed by atoms with E-state index in [0.29, 0.717) is 18.7 Å². The van der Waals surface area contributed by atoms with Crippen LogP contribution in [0.4, 0.5) is 5.69 Å². The van der Waals surface area contributed by atoms with Crippen LogP contribution >= 0.6 is 0 Å². The van der Waals surface area contributed by atoms with E-state index in [1.54, 1.807) is 21.9 Å². The summed E-state index contributed by atoms with van der Waals surface area (Å²) in [6.07, 6.45) is 2.48. The standard InChI is InChI=1S/C23H24N6O3/c1-15-11-16-12-17(5-6-20(16)32-15)26-22(19(13-24)25-2)27-18-7-10-29(23(18)31)14-21(30)28-8-3-4-9-28/h5-6,11-12,18,26-27H,3-4,7-10,14H2,1H3/b22-19+. The van der Waals surface area contributed by atoms with E-state index in [1.165, 1.54) is 0 Å². The summed E-state index contributed by atoms with van der Waals surface area (Å²) >= 11 is 0. The number of carbonyl (C=O) groups is 2. The fourth-order valence-electron chi connectivity index (χ4n) is 4.13. The third-order valence-corrected chi connectivity index (χ3v) is 5.76. The molecule has 4 rings (SSSR count). The number of allylic oxidation sites excluding steroid dienone is 1. The maximum atomic E-state index is 12.9. The van der Waals surface area contributed by atoms with Gasteiger partial charge in [-0.05, 0) is 50.5 Å². The number of carbonyl (C=O) groups excluding carboxylic acids is 2. The van der Waals surface area contributed by atoms with Gasteiger partial charge in [-0.25, -0.2) is 10.1 Å². The summed E-state index contributed by atoms with van der Waals surface area (Å²) < 4.78 is 5.58. The van der Waals surface area contributed by atoms with Crippen LogP contribution in [0.2, 0.25) is 0 Å². The van der Waals surface area contributed by atoms with Crippen molar-refractivity contribution in [3.63, 3.8) is 0 Å². The molecule has 2 aliphatic rings. The molecule has 32 heavy (non-hydrogen) atoms. The van der Waals surface area contributed by atoms with Gasteiger partial charge in [-0.1, -0.05) is 0 Å². The molecule has 164 valence electrons. The van der Waals surface area contributed by atoms with E-state index < -0.39 is 6.04 Å². The van der Waals surface area contributed by atoms with Crippen molar-refractivity contribution in [1.82, 2.24) is 15.1 Å². The number of aryl methyl sites for hydroxylation is 1. The summed E-state index contributed by atoms with van der Waals surface area (Å²) in [6.45, 7) is 11.2. The third kappa shape index (κ3) is 4.37. The zero-order valence-corrected chi connectivity index (χ0v) is 17.9. The summed E-state index contributed by atoms with van der Waals surface area (Å²) in [5.74, 6) is 0.714. The predicted octanol–water partition coefficient (Wildman–Crippen LogP) is 2.58. The number of fused-ring (bicyclic) bond motifs is 1. The Morgan fingerprint density at radius 1 is 1.31 bits per heavy atom. The summed E-state index contributed by atoms with van der Waals surface area (Å²) in [5, 5.41) is 16.4. The lowest BCUT2D eigenvalue weighted by atomic mass is 10.2. The first kappa shape index (κ1) is 21.3. The van der Waals surface area contributed by atoms with Crippen molar-refractivity contribution in [2.24, 2.45) is 0 Å². The summed E-state index contributed by atoms with van der Waals surface area (Å²) in [6, 6.07) is 8.59. The van der Waals surface area contributed by atoms with Gasteiger partial charge in [0.15, 0.2) is 0 Å².